The Labute approximate surface area is 75.2 Å². The lowest BCUT2D eigenvalue weighted by molar-refractivity contribution is 0.526. The third kappa shape index (κ3) is 0.846. The molecule has 1 saturated carbocycles. The first kappa shape index (κ1) is 7.08. The zero-order chi connectivity index (χ0) is 8.89. The lowest BCUT2D eigenvalue weighted by Gasteiger charge is -2.26. The van der Waals surface area contributed by atoms with Crippen molar-refractivity contribution in [1.29, 1.82) is 0 Å². The minimum Gasteiger partial charge on any atom is -0.302 e. The summed E-state index contributed by atoms with van der Waals surface area (Å²) in [5, 5.41) is 0. The van der Waals surface area contributed by atoms with Gasteiger partial charge in [0.15, 0.2) is 11.5 Å². The second kappa shape index (κ2) is 2.11. The molecule has 0 aromatic rings. The van der Waals surface area contributed by atoms with Crippen LogP contribution in [0, 0.1) is 5.92 Å². The van der Waals surface area contributed by atoms with E-state index in [1.54, 1.807) is 0 Å². The van der Waals surface area contributed by atoms with Gasteiger partial charge in [-0.15, -0.1) is 0 Å². The molecule has 13 heavy (non-hydrogen) atoms. The van der Waals surface area contributed by atoms with Crippen LogP contribution in [-0.4, -0.2) is 29.9 Å². The molecule has 1 atom stereocenters. The number of nitrogens with zero attached hydrogens (tertiary/aromatic N) is 4. The topological polar surface area (TPSA) is 75.5 Å². The number of hydrogen-bond donors (Lipinski definition) is 1. The molecular weight excluding hydrogens is 166 g/mol. The summed E-state index contributed by atoms with van der Waals surface area (Å²) in [6, 6.07) is 0. The Bertz CT molecular complexity index is 374. The van der Waals surface area contributed by atoms with Gasteiger partial charge in [-0.25, -0.2) is 20.0 Å². The Morgan fingerprint density at radius 2 is 2.15 bits per heavy atom. The number of aliphatic imine (C=N–C) groups is 4. The van der Waals surface area contributed by atoms with Crippen LogP contribution in [0.4, 0.5) is 0 Å². The van der Waals surface area contributed by atoms with Crippen molar-refractivity contribution in [2.24, 2.45) is 31.6 Å². The molecule has 2 N–H and O–H groups in total. The first-order chi connectivity index (χ1) is 6.31. The summed E-state index contributed by atoms with van der Waals surface area (Å²) in [6.07, 6.45) is 5.24. The molecule has 1 fully saturated rings. The number of amidine groups is 1. The van der Waals surface area contributed by atoms with E-state index in [1.165, 1.54) is 12.7 Å². The Morgan fingerprint density at radius 3 is 2.92 bits per heavy atom. The van der Waals surface area contributed by atoms with Crippen molar-refractivity contribution in [3.63, 3.8) is 0 Å². The van der Waals surface area contributed by atoms with Crippen molar-refractivity contribution in [2.75, 3.05) is 0 Å². The maximum Gasteiger partial charge on any atom is 0.180 e. The predicted molar refractivity (Wildman–Crippen MR) is 51.5 cm³/mol. The molecule has 1 unspecified atom stereocenters. The molecule has 0 bridgehead atoms. The molecule has 0 spiro atoms. The van der Waals surface area contributed by atoms with E-state index in [2.05, 4.69) is 20.0 Å². The van der Waals surface area contributed by atoms with E-state index >= 15 is 0 Å². The first-order valence-electron chi connectivity index (χ1n) is 4.32. The molecule has 5 nitrogen and oxygen atoms in total. The van der Waals surface area contributed by atoms with Gasteiger partial charge in [0.05, 0.1) is 0 Å². The zero-order valence-electron chi connectivity index (χ0n) is 7.01. The molecular formula is C8H9N5. The number of nitrogens with two attached hydrogens (primary N) is 1. The van der Waals surface area contributed by atoms with Crippen LogP contribution in [0.25, 0.3) is 0 Å². The van der Waals surface area contributed by atoms with Gasteiger partial charge in [0, 0.05) is 5.92 Å². The van der Waals surface area contributed by atoms with E-state index < -0.39 is 5.66 Å². The molecule has 0 aromatic carbocycles. The highest BCUT2D eigenvalue weighted by atomic mass is 15.2. The standard InChI is InChI=1S/C8H9N5/c9-8(5-1-2-5)6-7(11-3-10-6)12-4-13-8/h3-5H,1-2,9H2. The van der Waals surface area contributed by atoms with Gasteiger partial charge in [0.2, 0.25) is 0 Å². The quantitative estimate of drug-likeness (QED) is 0.597. The molecule has 0 saturated heterocycles. The van der Waals surface area contributed by atoms with Gasteiger partial charge in [0.1, 0.15) is 18.4 Å². The van der Waals surface area contributed by atoms with E-state index in [-0.39, 0.29) is 0 Å². The molecule has 66 valence electrons. The monoisotopic (exact) mass is 175 g/mol. The van der Waals surface area contributed by atoms with Gasteiger partial charge in [-0.05, 0) is 12.8 Å². The third-order valence-corrected chi connectivity index (χ3v) is 2.61. The van der Waals surface area contributed by atoms with Crippen molar-refractivity contribution in [3.05, 3.63) is 0 Å². The summed E-state index contributed by atoms with van der Waals surface area (Å²) in [6.45, 7) is 0. The lowest BCUT2D eigenvalue weighted by atomic mass is 9.98. The van der Waals surface area contributed by atoms with Gasteiger partial charge < -0.3 is 5.73 Å². The summed E-state index contributed by atoms with van der Waals surface area (Å²) in [5.74, 6) is 1.05. The minimum absolute atomic E-state index is 0.426. The summed E-state index contributed by atoms with van der Waals surface area (Å²) >= 11 is 0. The van der Waals surface area contributed by atoms with E-state index in [0.717, 1.165) is 18.6 Å². The van der Waals surface area contributed by atoms with Gasteiger partial charge in [0.25, 0.3) is 0 Å². The van der Waals surface area contributed by atoms with Crippen molar-refractivity contribution in [3.8, 4) is 0 Å². The SMILES string of the molecule is NC1(C2CC2)N=CN=C2N=CN=C21. The van der Waals surface area contributed by atoms with E-state index in [0.29, 0.717) is 11.8 Å². The third-order valence-electron chi connectivity index (χ3n) is 2.61. The van der Waals surface area contributed by atoms with E-state index in [9.17, 15) is 0 Å². The maximum atomic E-state index is 6.16. The Hall–Kier alpha value is -1.36. The van der Waals surface area contributed by atoms with Gasteiger partial charge in [-0.3, -0.25) is 0 Å². The smallest absolute Gasteiger partial charge is 0.180 e. The maximum absolute atomic E-state index is 6.16. The first-order valence-corrected chi connectivity index (χ1v) is 4.32. The normalized spacial score (nSPS) is 35.8. The molecule has 2 aliphatic heterocycles. The predicted octanol–water partition coefficient (Wildman–Crippen LogP) is -0.0253. The highest BCUT2D eigenvalue weighted by molar-refractivity contribution is 6.50. The second-order valence-electron chi connectivity index (χ2n) is 3.52. The van der Waals surface area contributed by atoms with Gasteiger partial charge in [-0.1, -0.05) is 0 Å². The minimum atomic E-state index is -0.645. The van der Waals surface area contributed by atoms with Crippen LogP contribution in [0.5, 0.6) is 0 Å². The average Bonchev–Trinajstić information content (AvgIpc) is 2.86. The van der Waals surface area contributed by atoms with Crippen molar-refractivity contribution >= 4 is 24.2 Å². The van der Waals surface area contributed by atoms with Crippen LogP contribution in [0.2, 0.25) is 0 Å². The van der Waals surface area contributed by atoms with Crippen molar-refractivity contribution in [2.45, 2.75) is 18.5 Å². The Morgan fingerprint density at radius 1 is 1.31 bits per heavy atom. The van der Waals surface area contributed by atoms with Crippen LogP contribution in [0.1, 0.15) is 12.8 Å². The molecule has 2 heterocycles. The van der Waals surface area contributed by atoms with E-state index in [4.69, 9.17) is 5.73 Å². The van der Waals surface area contributed by atoms with Crippen LogP contribution in [-0.2, 0) is 0 Å². The molecule has 3 aliphatic rings. The van der Waals surface area contributed by atoms with Gasteiger partial charge >= 0.3 is 0 Å². The lowest BCUT2D eigenvalue weighted by Crippen LogP contribution is -2.52. The second-order valence-corrected chi connectivity index (χ2v) is 3.52. The molecule has 3 rings (SSSR count). The zero-order valence-corrected chi connectivity index (χ0v) is 7.01. The summed E-state index contributed by atoms with van der Waals surface area (Å²) in [4.78, 5) is 16.4. The summed E-state index contributed by atoms with van der Waals surface area (Å²) in [7, 11) is 0. The number of fused-ring (bicyclic) bond motifs is 1. The molecule has 0 aromatic heterocycles. The molecule has 0 amide bonds. The molecule has 5 heteroatoms. The Kier molecular flexibility index (Phi) is 1.15. The van der Waals surface area contributed by atoms with Crippen LogP contribution < -0.4 is 5.73 Å². The van der Waals surface area contributed by atoms with Crippen molar-refractivity contribution in [1.82, 2.24) is 0 Å². The van der Waals surface area contributed by atoms with Crippen LogP contribution in [0.15, 0.2) is 20.0 Å². The average molecular weight is 175 g/mol. The fourth-order valence-electron chi connectivity index (χ4n) is 1.70. The number of rotatable bonds is 1. The highest BCUT2D eigenvalue weighted by Gasteiger charge is 2.49. The van der Waals surface area contributed by atoms with Crippen LogP contribution >= 0.6 is 0 Å². The summed E-state index contributed by atoms with van der Waals surface area (Å²) in [5.41, 5.74) is 6.25. The number of hydrogen-bond acceptors (Lipinski definition) is 5. The molecule has 0 radical (unpaired) electrons. The van der Waals surface area contributed by atoms with Gasteiger partial charge in [-0.2, -0.15) is 0 Å². The molecule has 1 aliphatic carbocycles. The van der Waals surface area contributed by atoms with Crippen LogP contribution in [0.3, 0.4) is 0 Å². The highest BCUT2D eigenvalue weighted by Crippen LogP contribution is 2.41. The summed E-state index contributed by atoms with van der Waals surface area (Å²) < 4.78 is 0. The fourth-order valence-corrected chi connectivity index (χ4v) is 1.70. The fraction of sp³-hybridized carbons (Fsp3) is 0.500. The van der Waals surface area contributed by atoms with Crippen molar-refractivity contribution < 1.29 is 0 Å². The largest absolute Gasteiger partial charge is 0.302 e. The Balaban J connectivity index is 2.07. The van der Waals surface area contributed by atoms with E-state index in [1.807, 2.05) is 0 Å².